The molecule has 1 aromatic heterocycles. The van der Waals surface area contributed by atoms with Crippen LogP contribution in [0.4, 0.5) is 0 Å². The molecular formula is C9H10N2O2. The predicted octanol–water partition coefficient (Wildman–Crippen LogP) is 1.06. The van der Waals surface area contributed by atoms with E-state index in [-0.39, 0.29) is 11.3 Å². The normalized spacial score (nSPS) is 10.8. The SMILES string of the molecule is CCn1[nH]c(=O)c2cc(O)ccc21. The van der Waals surface area contributed by atoms with Crippen molar-refractivity contribution >= 4 is 10.9 Å². The molecule has 1 heterocycles. The summed E-state index contributed by atoms with van der Waals surface area (Å²) in [6.45, 7) is 2.66. The summed E-state index contributed by atoms with van der Waals surface area (Å²) in [7, 11) is 0. The van der Waals surface area contributed by atoms with Gasteiger partial charge in [0.1, 0.15) is 5.75 Å². The largest absolute Gasteiger partial charge is 0.508 e. The summed E-state index contributed by atoms with van der Waals surface area (Å²) in [5.41, 5.74) is 0.665. The summed E-state index contributed by atoms with van der Waals surface area (Å²) >= 11 is 0. The molecule has 0 saturated heterocycles. The Labute approximate surface area is 74.4 Å². The van der Waals surface area contributed by atoms with Gasteiger partial charge in [-0.3, -0.25) is 14.6 Å². The summed E-state index contributed by atoms with van der Waals surface area (Å²) in [5.74, 6) is 0.117. The van der Waals surface area contributed by atoms with Crippen molar-refractivity contribution in [3.63, 3.8) is 0 Å². The van der Waals surface area contributed by atoms with Crippen molar-refractivity contribution in [2.45, 2.75) is 13.5 Å². The Bertz CT molecular complexity index is 496. The maximum atomic E-state index is 11.3. The van der Waals surface area contributed by atoms with Gasteiger partial charge in [0.2, 0.25) is 0 Å². The van der Waals surface area contributed by atoms with Crippen LogP contribution in [-0.4, -0.2) is 14.9 Å². The number of aromatic hydroxyl groups is 1. The molecule has 4 nitrogen and oxygen atoms in total. The summed E-state index contributed by atoms with van der Waals surface area (Å²) in [6, 6.07) is 4.77. The van der Waals surface area contributed by atoms with E-state index in [1.807, 2.05) is 6.92 Å². The molecule has 0 aliphatic carbocycles. The predicted molar refractivity (Wildman–Crippen MR) is 49.9 cm³/mol. The van der Waals surface area contributed by atoms with E-state index in [9.17, 15) is 9.90 Å². The van der Waals surface area contributed by atoms with Crippen LogP contribution in [0.2, 0.25) is 0 Å². The van der Waals surface area contributed by atoms with Gasteiger partial charge >= 0.3 is 0 Å². The van der Waals surface area contributed by atoms with Crippen LogP contribution >= 0.6 is 0 Å². The Kier molecular flexibility index (Phi) is 1.62. The minimum absolute atomic E-state index is 0.117. The summed E-state index contributed by atoms with van der Waals surface area (Å²) in [5, 5.41) is 12.4. The third-order valence-electron chi connectivity index (χ3n) is 2.07. The fraction of sp³-hybridized carbons (Fsp3) is 0.222. The molecule has 2 rings (SSSR count). The molecule has 13 heavy (non-hydrogen) atoms. The van der Waals surface area contributed by atoms with E-state index >= 15 is 0 Å². The Morgan fingerprint density at radius 2 is 2.31 bits per heavy atom. The lowest BCUT2D eigenvalue weighted by Crippen LogP contribution is -2.03. The van der Waals surface area contributed by atoms with Crippen molar-refractivity contribution in [2.24, 2.45) is 0 Å². The standard InChI is InChI=1S/C9H10N2O2/c1-2-11-8-4-3-6(12)5-7(8)9(13)10-11/h3-5,12H,2H2,1H3,(H,10,13). The van der Waals surface area contributed by atoms with E-state index in [0.717, 1.165) is 5.52 Å². The summed E-state index contributed by atoms with van der Waals surface area (Å²) in [6.07, 6.45) is 0. The molecule has 0 radical (unpaired) electrons. The maximum absolute atomic E-state index is 11.3. The van der Waals surface area contributed by atoms with E-state index in [1.54, 1.807) is 16.8 Å². The summed E-state index contributed by atoms with van der Waals surface area (Å²) < 4.78 is 1.75. The lowest BCUT2D eigenvalue weighted by Gasteiger charge is -1.98. The molecule has 0 aliphatic rings. The van der Waals surface area contributed by atoms with Crippen LogP contribution in [-0.2, 0) is 6.54 Å². The number of hydrogen-bond donors (Lipinski definition) is 2. The monoisotopic (exact) mass is 178 g/mol. The molecule has 4 heteroatoms. The van der Waals surface area contributed by atoms with Gasteiger partial charge in [0.05, 0.1) is 10.9 Å². The molecular weight excluding hydrogens is 168 g/mol. The van der Waals surface area contributed by atoms with Crippen LogP contribution < -0.4 is 5.56 Å². The molecule has 2 aromatic rings. The lowest BCUT2D eigenvalue weighted by molar-refractivity contribution is 0.476. The number of aromatic amines is 1. The number of benzene rings is 1. The van der Waals surface area contributed by atoms with Gasteiger partial charge in [-0.1, -0.05) is 0 Å². The zero-order valence-corrected chi connectivity index (χ0v) is 7.24. The molecule has 1 aromatic carbocycles. The second-order valence-electron chi connectivity index (χ2n) is 2.89. The Balaban J connectivity index is 2.88. The fourth-order valence-corrected chi connectivity index (χ4v) is 1.43. The van der Waals surface area contributed by atoms with Crippen molar-refractivity contribution in [3.8, 4) is 5.75 Å². The van der Waals surface area contributed by atoms with Crippen molar-refractivity contribution in [1.82, 2.24) is 9.78 Å². The second-order valence-corrected chi connectivity index (χ2v) is 2.89. The van der Waals surface area contributed by atoms with Crippen LogP contribution in [0.25, 0.3) is 10.9 Å². The highest BCUT2D eigenvalue weighted by Crippen LogP contribution is 2.16. The van der Waals surface area contributed by atoms with Gasteiger partial charge in [-0.05, 0) is 25.1 Å². The fourth-order valence-electron chi connectivity index (χ4n) is 1.43. The third-order valence-corrected chi connectivity index (χ3v) is 2.07. The number of rotatable bonds is 1. The quantitative estimate of drug-likeness (QED) is 0.685. The Morgan fingerprint density at radius 1 is 1.54 bits per heavy atom. The highest BCUT2D eigenvalue weighted by Gasteiger charge is 2.04. The topological polar surface area (TPSA) is 58.0 Å². The van der Waals surface area contributed by atoms with E-state index < -0.39 is 0 Å². The first-order valence-electron chi connectivity index (χ1n) is 4.14. The van der Waals surface area contributed by atoms with Crippen molar-refractivity contribution < 1.29 is 5.11 Å². The van der Waals surface area contributed by atoms with Gasteiger partial charge in [-0.15, -0.1) is 0 Å². The molecule has 0 bridgehead atoms. The molecule has 0 spiro atoms. The molecule has 0 aliphatic heterocycles. The first-order chi connectivity index (χ1) is 6.22. The molecule has 0 atom stereocenters. The average Bonchev–Trinajstić information content (AvgIpc) is 2.43. The van der Waals surface area contributed by atoms with Crippen LogP contribution in [0.5, 0.6) is 5.75 Å². The first-order valence-corrected chi connectivity index (χ1v) is 4.14. The van der Waals surface area contributed by atoms with E-state index in [2.05, 4.69) is 5.10 Å². The minimum atomic E-state index is -0.159. The number of phenolic OH excluding ortho intramolecular Hbond substituents is 1. The van der Waals surface area contributed by atoms with E-state index in [1.165, 1.54) is 6.07 Å². The molecule has 0 saturated carbocycles. The number of H-pyrrole nitrogens is 1. The van der Waals surface area contributed by atoms with Gasteiger partial charge in [0.15, 0.2) is 0 Å². The van der Waals surface area contributed by atoms with Gasteiger partial charge < -0.3 is 5.11 Å². The van der Waals surface area contributed by atoms with Crippen LogP contribution in [0.1, 0.15) is 6.92 Å². The van der Waals surface area contributed by atoms with Gasteiger partial charge in [-0.25, -0.2) is 0 Å². The summed E-state index contributed by atoms with van der Waals surface area (Å²) in [4.78, 5) is 11.3. The van der Waals surface area contributed by atoms with Crippen molar-refractivity contribution in [1.29, 1.82) is 0 Å². The molecule has 2 N–H and O–H groups in total. The van der Waals surface area contributed by atoms with Gasteiger partial charge in [0.25, 0.3) is 5.56 Å². The highest BCUT2D eigenvalue weighted by atomic mass is 16.3. The van der Waals surface area contributed by atoms with E-state index in [4.69, 9.17) is 0 Å². The number of nitrogens with zero attached hydrogens (tertiary/aromatic N) is 1. The minimum Gasteiger partial charge on any atom is -0.508 e. The van der Waals surface area contributed by atoms with Crippen molar-refractivity contribution in [3.05, 3.63) is 28.6 Å². The number of hydrogen-bond acceptors (Lipinski definition) is 2. The lowest BCUT2D eigenvalue weighted by atomic mass is 10.2. The molecule has 0 fully saturated rings. The first kappa shape index (κ1) is 7.91. The second kappa shape index (κ2) is 2.65. The van der Waals surface area contributed by atoms with Crippen LogP contribution in [0, 0.1) is 0 Å². The number of aryl methyl sites for hydroxylation is 1. The van der Waals surface area contributed by atoms with Crippen molar-refractivity contribution in [2.75, 3.05) is 0 Å². The molecule has 68 valence electrons. The zero-order valence-electron chi connectivity index (χ0n) is 7.24. The zero-order chi connectivity index (χ0) is 9.42. The van der Waals surface area contributed by atoms with E-state index in [0.29, 0.717) is 11.9 Å². The van der Waals surface area contributed by atoms with Crippen LogP contribution in [0.15, 0.2) is 23.0 Å². The Morgan fingerprint density at radius 3 is 3.00 bits per heavy atom. The number of aromatic nitrogens is 2. The molecule has 0 unspecified atom stereocenters. The van der Waals surface area contributed by atoms with Gasteiger partial charge in [0, 0.05) is 6.54 Å². The number of phenols is 1. The molecule has 0 amide bonds. The number of nitrogens with one attached hydrogen (secondary N) is 1. The third kappa shape index (κ3) is 1.11. The smallest absolute Gasteiger partial charge is 0.272 e. The maximum Gasteiger partial charge on any atom is 0.272 e. The van der Waals surface area contributed by atoms with Crippen LogP contribution in [0.3, 0.4) is 0 Å². The Hall–Kier alpha value is -1.71. The average molecular weight is 178 g/mol. The highest BCUT2D eigenvalue weighted by molar-refractivity contribution is 5.79. The van der Waals surface area contributed by atoms with Gasteiger partial charge in [-0.2, -0.15) is 0 Å². The number of fused-ring (bicyclic) bond motifs is 1.